The molecule has 1 amide bonds. The Kier molecular flexibility index (Phi) is 5.05. The van der Waals surface area contributed by atoms with Crippen molar-refractivity contribution in [2.24, 2.45) is 11.8 Å². The van der Waals surface area contributed by atoms with Crippen molar-refractivity contribution in [3.05, 3.63) is 70.8 Å². The first-order valence-corrected chi connectivity index (χ1v) is 12.0. The molecular weight excluding hydrogens is 426 g/mol. The molecule has 4 aromatic rings. The van der Waals surface area contributed by atoms with Crippen LogP contribution < -0.4 is 5.69 Å². The van der Waals surface area contributed by atoms with E-state index in [1.165, 1.54) is 0 Å². The highest BCUT2D eigenvalue weighted by Gasteiger charge is 2.36. The Labute approximate surface area is 197 Å². The molecule has 1 saturated heterocycles. The number of hydrogen-bond acceptors (Lipinski definition) is 4. The van der Waals surface area contributed by atoms with Crippen molar-refractivity contribution in [3.8, 4) is 22.5 Å². The fraction of sp³-hybridized carbons (Fsp3) is 0.333. The molecule has 3 heterocycles. The quantitative estimate of drug-likeness (QED) is 0.495. The van der Waals surface area contributed by atoms with Gasteiger partial charge in [0.25, 0.3) is 0 Å². The topological polar surface area (TPSA) is 83.9 Å². The molecule has 0 radical (unpaired) electrons. The largest absolute Gasteiger partial charge is 0.343 e. The Hall–Kier alpha value is -3.74. The first-order valence-electron chi connectivity index (χ1n) is 12.0. The number of rotatable bonds is 5. The number of fused-ring (bicyclic) bond motifs is 1. The van der Waals surface area contributed by atoms with Crippen molar-refractivity contribution in [2.75, 3.05) is 13.1 Å². The summed E-state index contributed by atoms with van der Waals surface area (Å²) in [5.74, 6) is 1.43. The Morgan fingerprint density at radius 1 is 1.06 bits per heavy atom. The average Bonchev–Trinajstić information content (AvgIpc) is 3.51. The lowest BCUT2D eigenvalue weighted by molar-refractivity contribution is -0.131. The summed E-state index contributed by atoms with van der Waals surface area (Å²) in [6.45, 7) is 4.15. The van der Waals surface area contributed by atoms with Crippen molar-refractivity contribution >= 4 is 16.8 Å². The number of carbonyl (C=O) groups excluding carboxylic acids is 1. The predicted molar refractivity (Wildman–Crippen MR) is 131 cm³/mol. The monoisotopic (exact) mass is 453 g/mol. The lowest BCUT2D eigenvalue weighted by Gasteiger charge is -2.16. The van der Waals surface area contributed by atoms with Crippen LogP contribution in [0.2, 0.25) is 0 Å². The third kappa shape index (κ3) is 3.71. The van der Waals surface area contributed by atoms with Crippen LogP contribution in [0.5, 0.6) is 0 Å². The van der Waals surface area contributed by atoms with Crippen molar-refractivity contribution < 1.29 is 4.79 Å². The normalized spacial score (nSPS) is 18.0. The molecule has 172 valence electrons. The molecule has 2 aliphatic rings. The molecule has 6 rings (SSSR count). The lowest BCUT2D eigenvalue weighted by Crippen LogP contribution is -2.31. The summed E-state index contributed by atoms with van der Waals surface area (Å²) in [5.41, 5.74) is 5.07. The molecule has 1 atom stereocenters. The minimum atomic E-state index is -0.207. The van der Waals surface area contributed by atoms with Gasteiger partial charge in [0.2, 0.25) is 5.91 Å². The molecule has 2 aromatic carbocycles. The smallest absolute Gasteiger partial charge is 0.342 e. The van der Waals surface area contributed by atoms with Gasteiger partial charge in [-0.2, -0.15) is 5.10 Å². The number of carbonyl (C=O) groups is 1. The van der Waals surface area contributed by atoms with E-state index in [0.717, 1.165) is 65.5 Å². The van der Waals surface area contributed by atoms with Gasteiger partial charge < -0.3 is 4.90 Å². The summed E-state index contributed by atoms with van der Waals surface area (Å²) in [6.07, 6.45) is 4.79. The van der Waals surface area contributed by atoms with E-state index in [0.29, 0.717) is 12.4 Å². The number of aromatic nitrogens is 4. The summed E-state index contributed by atoms with van der Waals surface area (Å²) in [5, 5.41) is 8.06. The van der Waals surface area contributed by atoms with E-state index in [1.54, 1.807) is 4.57 Å². The molecule has 0 bridgehead atoms. The Bertz CT molecular complexity index is 1430. The number of pyridine rings is 1. The van der Waals surface area contributed by atoms with E-state index in [4.69, 9.17) is 0 Å². The van der Waals surface area contributed by atoms with Gasteiger partial charge >= 0.3 is 5.69 Å². The van der Waals surface area contributed by atoms with Crippen LogP contribution in [-0.2, 0) is 11.3 Å². The maximum Gasteiger partial charge on any atom is 0.343 e. The van der Waals surface area contributed by atoms with Crippen LogP contribution in [0, 0.1) is 18.8 Å². The number of benzene rings is 2. The molecule has 1 N–H and O–H groups in total. The third-order valence-electron chi connectivity index (χ3n) is 7.15. The van der Waals surface area contributed by atoms with Gasteiger partial charge in [0.05, 0.1) is 5.52 Å². The number of nitrogens with zero attached hydrogens (tertiary/aromatic N) is 4. The molecule has 1 aliphatic heterocycles. The standard InChI is InChI=1S/C27H27N5O2/c1-17-4-11-22(23-3-2-13-28-24(17)23)19-5-7-20(8-6-19)25-29-30-27(34)32(25)16-18-12-14-31(15-18)26(33)21-9-10-21/h2-8,11,13,18,21H,9-10,12,14-16H2,1H3,(H,30,34). The number of H-pyrrole nitrogens is 1. The zero-order valence-corrected chi connectivity index (χ0v) is 19.2. The van der Waals surface area contributed by atoms with Gasteiger partial charge in [0, 0.05) is 42.7 Å². The highest BCUT2D eigenvalue weighted by atomic mass is 16.2. The van der Waals surface area contributed by atoms with Crippen molar-refractivity contribution in [1.29, 1.82) is 0 Å². The number of aromatic amines is 1. The van der Waals surface area contributed by atoms with Gasteiger partial charge in [-0.1, -0.05) is 42.5 Å². The Balaban J connectivity index is 1.25. The van der Waals surface area contributed by atoms with Gasteiger partial charge in [0.1, 0.15) is 0 Å². The van der Waals surface area contributed by atoms with Crippen molar-refractivity contribution in [2.45, 2.75) is 32.7 Å². The van der Waals surface area contributed by atoms with Crippen LogP contribution >= 0.6 is 0 Å². The second kappa shape index (κ2) is 8.24. The zero-order valence-electron chi connectivity index (χ0n) is 19.2. The molecule has 34 heavy (non-hydrogen) atoms. The summed E-state index contributed by atoms with van der Waals surface area (Å²) < 4.78 is 1.72. The molecule has 1 saturated carbocycles. The van der Waals surface area contributed by atoms with Gasteiger partial charge in [-0.25, -0.2) is 9.89 Å². The summed E-state index contributed by atoms with van der Waals surface area (Å²) in [6, 6.07) is 16.5. The van der Waals surface area contributed by atoms with Crippen molar-refractivity contribution in [1.82, 2.24) is 24.6 Å². The fourth-order valence-electron chi connectivity index (χ4n) is 5.10. The summed E-state index contributed by atoms with van der Waals surface area (Å²) in [7, 11) is 0. The molecule has 1 unspecified atom stereocenters. The van der Waals surface area contributed by atoms with Crippen LogP contribution in [0.3, 0.4) is 0 Å². The highest BCUT2D eigenvalue weighted by molar-refractivity contribution is 5.96. The third-order valence-corrected chi connectivity index (χ3v) is 7.15. The van der Waals surface area contributed by atoms with Crippen LogP contribution in [0.25, 0.3) is 33.4 Å². The number of amides is 1. The van der Waals surface area contributed by atoms with Crippen LogP contribution in [-0.4, -0.2) is 43.6 Å². The maximum absolute atomic E-state index is 12.6. The molecular formula is C27H27N5O2. The maximum atomic E-state index is 12.6. The first-order chi connectivity index (χ1) is 16.6. The molecule has 0 spiro atoms. The fourth-order valence-corrected chi connectivity index (χ4v) is 5.10. The summed E-state index contributed by atoms with van der Waals surface area (Å²) >= 11 is 0. The van der Waals surface area contributed by atoms with E-state index < -0.39 is 0 Å². The van der Waals surface area contributed by atoms with E-state index in [-0.39, 0.29) is 23.4 Å². The lowest BCUT2D eigenvalue weighted by atomic mass is 9.97. The van der Waals surface area contributed by atoms with Crippen LogP contribution in [0.15, 0.2) is 59.5 Å². The minimum absolute atomic E-state index is 0.207. The summed E-state index contributed by atoms with van der Waals surface area (Å²) in [4.78, 5) is 31.5. The second-order valence-corrected chi connectivity index (χ2v) is 9.58. The number of hydrogen-bond donors (Lipinski definition) is 1. The van der Waals surface area contributed by atoms with Gasteiger partial charge in [-0.3, -0.25) is 14.3 Å². The predicted octanol–water partition coefficient (Wildman–Crippen LogP) is 4.02. The van der Waals surface area contributed by atoms with E-state index in [9.17, 15) is 9.59 Å². The Morgan fingerprint density at radius 2 is 1.85 bits per heavy atom. The highest BCUT2D eigenvalue weighted by Crippen LogP contribution is 2.34. The number of nitrogens with one attached hydrogen (secondary N) is 1. The van der Waals surface area contributed by atoms with Crippen molar-refractivity contribution in [3.63, 3.8) is 0 Å². The molecule has 7 nitrogen and oxygen atoms in total. The molecule has 2 fully saturated rings. The minimum Gasteiger partial charge on any atom is -0.342 e. The first kappa shape index (κ1) is 20.8. The van der Waals surface area contributed by atoms with E-state index in [1.807, 2.05) is 29.3 Å². The zero-order chi connectivity index (χ0) is 23.2. The van der Waals surface area contributed by atoms with Gasteiger partial charge in [-0.05, 0) is 54.9 Å². The molecule has 7 heteroatoms. The van der Waals surface area contributed by atoms with Gasteiger partial charge in [0.15, 0.2) is 5.82 Å². The number of aryl methyl sites for hydroxylation is 1. The molecule has 1 aliphatic carbocycles. The average molecular weight is 454 g/mol. The SMILES string of the molecule is Cc1ccc(-c2ccc(-c3n[nH]c(=O)n3CC3CCN(C(=O)C4CC4)C3)cc2)c2cccnc12. The van der Waals surface area contributed by atoms with Gasteiger partial charge in [-0.15, -0.1) is 0 Å². The Morgan fingerprint density at radius 3 is 2.65 bits per heavy atom. The van der Waals surface area contributed by atoms with Crippen LogP contribution in [0.4, 0.5) is 0 Å². The van der Waals surface area contributed by atoms with E-state index >= 15 is 0 Å². The van der Waals surface area contributed by atoms with E-state index in [2.05, 4.69) is 52.4 Å². The van der Waals surface area contributed by atoms with Crippen LogP contribution in [0.1, 0.15) is 24.8 Å². The number of likely N-dealkylation sites (tertiary alicyclic amines) is 1. The second-order valence-electron chi connectivity index (χ2n) is 9.58. The molecule has 2 aromatic heterocycles.